The molecule has 0 atom stereocenters. The van der Waals surface area contributed by atoms with E-state index in [0.717, 1.165) is 82.1 Å². The number of amides is 1. The van der Waals surface area contributed by atoms with E-state index >= 15 is 0 Å². The van der Waals surface area contributed by atoms with Gasteiger partial charge in [-0.05, 0) is 63.1 Å². The molecule has 1 saturated carbocycles. The number of hydrogen-bond donors (Lipinski definition) is 1. The minimum Gasteiger partial charge on any atom is -0.464 e. The molecule has 1 fully saturated rings. The number of aromatic nitrogens is 2. The molecule has 0 aromatic carbocycles. The van der Waals surface area contributed by atoms with Crippen LogP contribution in [0.5, 0.6) is 5.19 Å². The third kappa shape index (κ3) is 7.38. The molecular formula is C25H32F4N4O2S. The van der Waals surface area contributed by atoms with Crippen LogP contribution in [0.1, 0.15) is 72.1 Å². The summed E-state index contributed by atoms with van der Waals surface area (Å²) in [7, 11) is 0. The number of hydrogen-bond acceptors (Lipinski definition) is 6. The summed E-state index contributed by atoms with van der Waals surface area (Å²) in [5.41, 5.74) is 0.425. The first-order valence-electron chi connectivity index (χ1n) is 12.4. The zero-order valence-corrected chi connectivity index (χ0v) is 21.1. The average Bonchev–Trinajstić information content (AvgIpc) is 3.15. The van der Waals surface area contributed by atoms with E-state index in [1.165, 1.54) is 29.7 Å². The molecule has 2 aromatic rings. The number of nitrogens with zero attached hydrogens (tertiary/aromatic N) is 3. The summed E-state index contributed by atoms with van der Waals surface area (Å²) in [4.78, 5) is 24.1. The van der Waals surface area contributed by atoms with Gasteiger partial charge in [-0.25, -0.2) is 22.5 Å². The van der Waals surface area contributed by atoms with Crippen molar-refractivity contribution in [1.29, 1.82) is 0 Å². The molecule has 4 rings (SSSR count). The van der Waals surface area contributed by atoms with Gasteiger partial charge in [0, 0.05) is 43.5 Å². The molecular weight excluding hydrogens is 496 g/mol. The second kappa shape index (κ2) is 11.9. The Morgan fingerprint density at radius 3 is 2.72 bits per heavy atom. The molecule has 1 aliphatic carbocycles. The molecule has 1 aliphatic heterocycles. The van der Waals surface area contributed by atoms with Crippen LogP contribution in [0.2, 0.25) is 0 Å². The molecule has 1 amide bonds. The summed E-state index contributed by atoms with van der Waals surface area (Å²) in [6, 6.07) is 2.88. The van der Waals surface area contributed by atoms with E-state index in [2.05, 4.69) is 20.2 Å². The summed E-state index contributed by atoms with van der Waals surface area (Å²) in [5.74, 6) is -2.79. The first-order valence-corrected chi connectivity index (χ1v) is 13.2. The predicted octanol–water partition coefficient (Wildman–Crippen LogP) is 5.29. The van der Waals surface area contributed by atoms with E-state index in [4.69, 9.17) is 4.74 Å². The Bertz CT molecular complexity index is 996. The molecule has 1 N–H and O–H groups in total. The molecule has 11 heteroatoms. The second-order valence-electron chi connectivity index (χ2n) is 9.77. The largest absolute Gasteiger partial charge is 0.464 e. The highest BCUT2D eigenvalue weighted by Gasteiger charge is 2.27. The standard InChI is InChI=1S/C25H32F4N4O2S/c1-25(28,29)15-35-24-32-19-9-13-33(14-10-20(19)36-24)12-8-16-4-6-17(7-5-16)31-23(34)18-3-2-11-30-21(18)22(26)27/h2-3,11,16-17,22H,4-10,12-15H2,1H3,(H,31,34). The third-order valence-electron chi connectivity index (χ3n) is 6.85. The van der Waals surface area contributed by atoms with E-state index < -0.39 is 30.6 Å². The van der Waals surface area contributed by atoms with Gasteiger partial charge in [0.05, 0.1) is 11.3 Å². The highest BCUT2D eigenvalue weighted by atomic mass is 32.1. The minimum absolute atomic E-state index is 0.0104. The van der Waals surface area contributed by atoms with Gasteiger partial charge in [-0.15, -0.1) is 0 Å². The van der Waals surface area contributed by atoms with E-state index in [1.807, 2.05) is 0 Å². The Morgan fingerprint density at radius 1 is 1.25 bits per heavy atom. The Kier molecular flexibility index (Phi) is 8.82. The highest BCUT2D eigenvalue weighted by Crippen LogP contribution is 2.31. The lowest BCUT2D eigenvalue weighted by Gasteiger charge is -2.31. The fourth-order valence-corrected chi connectivity index (χ4v) is 5.81. The van der Waals surface area contributed by atoms with E-state index in [-0.39, 0.29) is 11.6 Å². The van der Waals surface area contributed by atoms with Crippen molar-refractivity contribution in [2.75, 3.05) is 26.2 Å². The summed E-state index contributed by atoms with van der Waals surface area (Å²) in [6.07, 6.45) is 4.83. The van der Waals surface area contributed by atoms with Gasteiger partial charge in [0.2, 0.25) is 0 Å². The summed E-state index contributed by atoms with van der Waals surface area (Å²) < 4.78 is 57.5. The summed E-state index contributed by atoms with van der Waals surface area (Å²) in [5, 5.41) is 3.24. The number of pyridine rings is 1. The molecule has 36 heavy (non-hydrogen) atoms. The molecule has 0 bridgehead atoms. The Morgan fingerprint density at radius 2 is 2.00 bits per heavy atom. The van der Waals surface area contributed by atoms with Crippen molar-refractivity contribution in [3.05, 3.63) is 40.2 Å². The number of rotatable bonds is 9. The van der Waals surface area contributed by atoms with Gasteiger partial charge >= 0.3 is 0 Å². The number of carbonyl (C=O) groups is 1. The number of thiazole rings is 1. The van der Waals surface area contributed by atoms with Crippen molar-refractivity contribution in [2.45, 2.75) is 70.3 Å². The molecule has 0 spiro atoms. The zero-order chi connectivity index (χ0) is 25.7. The second-order valence-corrected chi connectivity index (χ2v) is 10.8. The zero-order valence-electron chi connectivity index (χ0n) is 20.3. The fraction of sp³-hybridized carbons (Fsp3) is 0.640. The van der Waals surface area contributed by atoms with Gasteiger partial charge in [0.1, 0.15) is 5.69 Å². The normalized spacial score (nSPS) is 21.2. The highest BCUT2D eigenvalue weighted by molar-refractivity contribution is 7.13. The van der Waals surface area contributed by atoms with Gasteiger partial charge in [0.15, 0.2) is 6.61 Å². The van der Waals surface area contributed by atoms with Crippen molar-refractivity contribution in [3.8, 4) is 5.19 Å². The molecule has 0 radical (unpaired) electrons. The smallest absolute Gasteiger partial charge is 0.281 e. The van der Waals surface area contributed by atoms with Crippen LogP contribution in [0.3, 0.4) is 0 Å². The SMILES string of the molecule is CC(F)(F)COc1nc2c(s1)CCN(CCC1CCC(NC(=O)c3cccnc3C(F)F)CC1)CC2. The van der Waals surface area contributed by atoms with Crippen molar-refractivity contribution in [1.82, 2.24) is 20.2 Å². The van der Waals surface area contributed by atoms with Crippen LogP contribution in [0, 0.1) is 5.92 Å². The van der Waals surface area contributed by atoms with Crippen LogP contribution >= 0.6 is 11.3 Å². The van der Waals surface area contributed by atoms with Gasteiger partial charge in [-0.2, -0.15) is 0 Å². The molecule has 0 unspecified atom stereocenters. The van der Waals surface area contributed by atoms with Crippen LogP contribution in [-0.2, 0) is 12.8 Å². The van der Waals surface area contributed by atoms with Crippen molar-refractivity contribution >= 4 is 17.2 Å². The fourth-order valence-electron chi connectivity index (χ4n) is 4.87. The van der Waals surface area contributed by atoms with Crippen molar-refractivity contribution in [2.24, 2.45) is 5.92 Å². The van der Waals surface area contributed by atoms with Crippen molar-refractivity contribution < 1.29 is 27.1 Å². The monoisotopic (exact) mass is 528 g/mol. The van der Waals surface area contributed by atoms with Crippen LogP contribution < -0.4 is 10.1 Å². The minimum atomic E-state index is -2.87. The van der Waals surface area contributed by atoms with Gasteiger partial charge in [-0.3, -0.25) is 9.78 Å². The van der Waals surface area contributed by atoms with Gasteiger partial charge < -0.3 is 15.0 Å². The number of nitrogens with one attached hydrogen (secondary N) is 1. The lowest BCUT2D eigenvalue weighted by Crippen LogP contribution is -2.38. The third-order valence-corrected chi connectivity index (χ3v) is 7.92. The van der Waals surface area contributed by atoms with Crippen LogP contribution in [0.15, 0.2) is 18.3 Å². The number of fused-ring (bicyclic) bond motifs is 1. The van der Waals surface area contributed by atoms with Gasteiger partial charge in [-0.1, -0.05) is 11.3 Å². The Balaban J connectivity index is 1.17. The summed E-state index contributed by atoms with van der Waals surface area (Å²) >= 11 is 1.37. The maximum atomic E-state index is 13.1. The molecule has 198 valence electrons. The van der Waals surface area contributed by atoms with Gasteiger partial charge in [0.25, 0.3) is 23.4 Å². The maximum Gasteiger partial charge on any atom is 0.281 e. The quantitative estimate of drug-likeness (QED) is 0.448. The first kappa shape index (κ1) is 26.8. The maximum absolute atomic E-state index is 13.1. The average molecular weight is 529 g/mol. The Hall–Kier alpha value is -2.27. The number of ether oxygens (including phenoxy) is 1. The topological polar surface area (TPSA) is 67.3 Å². The summed E-state index contributed by atoms with van der Waals surface area (Å²) in [6.45, 7) is 2.94. The number of halogens is 4. The van der Waals surface area contributed by atoms with Crippen LogP contribution in [0.25, 0.3) is 0 Å². The molecule has 2 aromatic heterocycles. The van der Waals surface area contributed by atoms with Crippen molar-refractivity contribution in [3.63, 3.8) is 0 Å². The predicted molar refractivity (Wildman–Crippen MR) is 129 cm³/mol. The van der Waals surface area contributed by atoms with E-state index in [1.54, 1.807) is 0 Å². The molecule has 3 heterocycles. The lowest BCUT2D eigenvalue weighted by molar-refractivity contribution is -0.0230. The van der Waals surface area contributed by atoms with Crippen LogP contribution in [-0.4, -0.2) is 59.0 Å². The number of carbonyl (C=O) groups excluding carboxylic acids is 1. The van der Waals surface area contributed by atoms with E-state index in [0.29, 0.717) is 11.1 Å². The van der Waals surface area contributed by atoms with Crippen LogP contribution in [0.4, 0.5) is 17.6 Å². The Labute approximate surface area is 212 Å². The molecule has 2 aliphatic rings. The molecule has 6 nitrogen and oxygen atoms in total. The first-order chi connectivity index (χ1) is 17.2. The lowest BCUT2D eigenvalue weighted by atomic mass is 9.84. The van der Waals surface area contributed by atoms with E-state index in [9.17, 15) is 22.4 Å². The molecule has 0 saturated heterocycles. The number of alkyl halides is 4.